The van der Waals surface area contributed by atoms with Crippen LogP contribution >= 0.6 is 0 Å². The van der Waals surface area contributed by atoms with Gasteiger partial charge in [-0.05, 0) is 35.0 Å². The molecule has 2 N–H and O–H groups in total. The van der Waals surface area contributed by atoms with Crippen molar-refractivity contribution in [2.24, 2.45) is 5.10 Å². The van der Waals surface area contributed by atoms with Gasteiger partial charge in [0.05, 0.1) is 13.3 Å². The van der Waals surface area contributed by atoms with Crippen LogP contribution in [-0.2, 0) is 4.79 Å². The minimum atomic E-state index is -0.824. The Morgan fingerprint density at radius 1 is 1.18 bits per heavy atom. The molecule has 1 aliphatic rings. The Morgan fingerprint density at radius 3 is 2.64 bits per heavy atom. The number of aromatic hydroxyl groups is 1. The van der Waals surface area contributed by atoms with E-state index < -0.39 is 12.0 Å². The van der Waals surface area contributed by atoms with E-state index >= 15 is 0 Å². The number of phenols is 1. The summed E-state index contributed by atoms with van der Waals surface area (Å²) < 4.78 is 16.5. The molecule has 0 saturated carbocycles. The van der Waals surface area contributed by atoms with Gasteiger partial charge in [0.2, 0.25) is 6.10 Å². The zero-order valence-corrected chi connectivity index (χ0v) is 15.1. The molecule has 0 spiro atoms. The highest BCUT2D eigenvalue weighted by Crippen LogP contribution is 2.35. The van der Waals surface area contributed by atoms with E-state index in [1.165, 1.54) is 19.4 Å². The largest absolute Gasteiger partial charge is 0.507 e. The van der Waals surface area contributed by atoms with E-state index in [1.807, 2.05) is 36.4 Å². The lowest BCUT2D eigenvalue weighted by molar-refractivity contribution is -0.130. The van der Waals surface area contributed by atoms with Crippen molar-refractivity contribution in [2.75, 3.05) is 13.7 Å². The highest BCUT2D eigenvalue weighted by atomic mass is 16.6. The molecule has 7 heteroatoms. The summed E-state index contributed by atoms with van der Waals surface area (Å²) in [5, 5.41) is 15.8. The first-order valence-corrected chi connectivity index (χ1v) is 8.66. The number of hydrogen-bond acceptors (Lipinski definition) is 6. The van der Waals surface area contributed by atoms with Gasteiger partial charge in [0.1, 0.15) is 18.1 Å². The minimum absolute atomic E-state index is 0.00426. The number of methoxy groups -OCH3 is 1. The van der Waals surface area contributed by atoms with Crippen LogP contribution in [0.15, 0.2) is 59.7 Å². The summed E-state index contributed by atoms with van der Waals surface area (Å²) in [4.78, 5) is 12.3. The Balaban J connectivity index is 1.43. The lowest BCUT2D eigenvalue weighted by Gasteiger charge is -2.25. The van der Waals surface area contributed by atoms with Gasteiger partial charge in [0, 0.05) is 11.6 Å². The molecule has 7 nitrogen and oxygen atoms in total. The Hall–Kier alpha value is -3.74. The monoisotopic (exact) mass is 378 g/mol. The lowest BCUT2D eigenvalue weighted by atomic mass is 10.1. The van der Waals surface area contributed by atoms with Crippen molar-refractivity contribution in [1.82, 2.24) is 5.43 Å². The number of ether oxygens (including phenoxy) is 3. The van der Waals surface area contributed by atoms with Crippen LogP contribution in [0.25, 0.3) is 10.8 Å². The first-order valence-electron chi connectivity index (χ1n) is 8.66. The first kappa shape index (κ1) is 17.7. The fourth-order valence-electron chi connectivity index (χ4n) is 2.88. The summed E-state index contributed by atoms with van der Waals surface area (Å²) in [7, 11) is 1.51. The highest BCUT2D eigenvalue weighted by molar-refractivity contribution is 5.88. The number of carbonyl (C=O) groups excluding carboxylic acids is 1. The maximum Gasteiger partial charge on any atom is 0.284 e. The Bertz CT molecular complexity index is 1060. The van der Waals surface area contributed by atoms with Crippen LogP contribution in [0.1, 0.15) is 5.56 Å². The third kappa shape index (κ3) is 3.55. The molecule has 4 rings (SSSR count). The third-order valence-corrected chi connectivity index (χ3v) is 4.38. The second-order valence-electron chi connectivity index (χ2n) is 6.22. The summed E-state index contributed by atoms with van der Waals surface area (Å²) in [6.07, 6.45) is 0.521. The molecule has 1 heterocycles. The molecular formula is C21H18N2O5. The summed E-state index contributed by atoms with van der Waals surface area (Å²) in [5.41, 5.74) is 2.85. The minimum Gasteiger partial charge on any atom is -0.507 e. The lowest BCUT2D eigenvalue weighted by Crippen LogP contribution is -2.42. The zero-order chi connectivity index (χ0) is 19.5. The van der Waals surface area contributed by atoms with Crippen molar-refractivity contribution < 1.29 is 24.1 Å². The number of hydrazone groups is 1. The maximum absolute atomic E-state index is 12.3. The van der Waals surface area contributed by atoms with Crippen LogP contribution in [0.5, 0.6) is 23.0 Å². The number of hydrogen-bond donors (Lipinski definition) is 2. The molecule has 0 radical (unpaired) electrons. The van der Waals surface area contributed by atoms with Gasteiger partial charge in [-0.25, -0.2) is 5.43 Å². The Labute approximate surface area is 161 Å². The highest BCUT2D eigenvalue weighted by Gasteiger charge is 2.27. The number of nitrogens with zero attached hydrogens (tertiary/aromatic N) is 1. The standard InChI is InChI=1S/C21H18N2O5/c1-26-16-7-6-15(17(24)10-16)11-22-23-21(25)20-12-27-18-8-13-4-2-3-5-14(13)9-19(18)28-20/h2-11,20,24H,12H2,1H3,(H,23,25)/b22-11+/t20-/m1/s1. The number of phenolic OH excluding ortho intramolecular Hbond substituents is 1. The Morgan fingerprint density at radius 2 is 1.93 bits per heavy atom. The number of amides is 1. The number of carbonyl (C=O) groups is 1. The van der Waals surface area contributed by atoms with E-state index in [0.29, 0.717) is 22.8 Å². The van der Waals surface area contributed by atoms with Crippen molar-refractivity contribution in [3.05, 3.63) is 60.2 Å². The molecule has 142 valence electrons. The summed E-state index contributed by atoms with van der Waals surface area (Å²) in [6.45, 7) is 0.0838. The molecule has 3 aromatic carbocycles. The van der Waals surface area contributed by atoms with E-state index in [-0.39, 0.29) is 12.4 Å². The normalized spacial score (nSPS) is 15.5. The van der Waals surface area contributed by atoms with Gasteiger partial charge in [-0.3, -0.25) is 4.79 Å². The average molecular weight is 378 g/mol. The van der Waals surface area contributed by atoms with Crippen molar-refractivity contribution in [3.63, 3.8) is 0 Å². The van der Waals surface area contributed by atoms with E-state index in [0.717, 1.165) is 10.8 Å². The van der Waals surface area contributed by atoms with Gasteiger partial charge < -0.3 is 19.3 Å². The molecule has 0 aromatic heterocycles. The third-order valence-electron chi connectivity index (χ3n) is 4.38. The van der Waals surface area contributed by atoms with E-state index in [9.17, 15) is 9.90 Å². The molecule has 1 atom stereocenters. The Kier molecular flexibility index (Phi) is 4.72. The summed E-state index contributed by atoms with van der Waals surface area (Å²) >= 11 is 0. The van der Waals surface area contributed by atoms with Gasteiger partial charge in [-0.1, -0.05) is 24.3 Å². The second-order valence-corrected chi connectivity index (χ2v) is 6.22. The van der Waals surface area contributed by atoms with Crippen molar-refractivity contribution in [1.29, 1.82) is 0 Å². The van der Waals surface area contributed by atoms with Gasteiger partial charge in [0.15, 0.2) is 11.5 Å². The zero-order valence-electron chi connectivity index (χ0n) is 15.1. The number of nitrogens with one attached hydrogen (secondary N) is 1. The predicted molar refractivity (Wildman–Crippen MR) is 104 cm³/mol. The van der Waals surface area contributed by atoms with Crippen molar-refractivity contribution in [2.45, 2.75) is 6.10 Å². The van der Waals surface area contributed by atoms with Gasteiger partial charge >= 0.3 is 0 Å². The van der Waals surface area contributed by atoms with E-state index in [2.05, 4.69) is 10.5 Å². The van der Waals surface area contributed by atoms with Gasteiger partial charge in [0.25, 0.3) is 5.91 Å². The van der Waals surface area contributed by atoms with Crippen LogP contribution in [0.4, 0.5) is 0 Å². The van der Waals surface area contributed by atoms with Gasteiger partial charge in [-0.2, -0.15) is 5.10 Å². The van der Waals surface area contributed by atoms with Gasteiger partial charge in [-0.15, -0.1) is 0 Å². The SMILES string of the molecule is COc1ccc(/C=N/NC(=O)[C@H]2COc3cc4ccccc4cc3O2)c(O)c1. The molecule has 1 amide bonds. The summed E-state index contributed by atoms with van der Waals surface area (Å²) in [6, 6.07) is 16.4. The van der Waals surface area contributed by atoms with Crippen LogP contribution in [0.3, 0.4) is 0 Å². The molecule has 28 heavy (non-hydrogen) atoms. The fourth-order valence-corrected chi connectivity index (χ4v) is 2.88. The molecule has 1 aliphatic heterocycles. The summed E-state index contributed by atoms with van der Waals surface area (Å²) in [5.74, 6) is 1.20. The first-order chi connectivity index (χ1) is 13.6. The van der Waals surface area contributed by atoms with Crippen LogP contribution in [-0.4, -0.2) is 37.0 Å². The van der Waals surface area contributed by atoms with E-state index in [1.54, 1.807) is 12.1 Å². The van der Waals surface area contributed by atoms with Crippen LogP contribution < -0.4 is 19.6 Å². The fraction of sp³-hybridized carbons (Fsp3) is 0.143. The van der Waals surface area contributed by atoms with Crippen molar-refractivity contribution >= 4 is 22.9 Å². The number of benzene rings is 3. The molecule has 0 bridgehead atoms. The number of rotatable bonds is 4. The molecular weight excluding hydrogens is 360 g/mol. The molecule has 0 fully saturated rings. The second kappa shape index (κ2) is 7.48. The van der Waals surface area contributed by atoms with Crippen molar-refractivity contribution in [3.8, 4) is 23.0 Å². The topological polar surface area (TPSA) is 89.4 Å². The predicted octanol–water partition coefficient (Wildman–Crippen LogP) is 2.84. The average Bonchev–Trinajstić information content (AvgIpc) is 2.72. The maximum atomic E-state index is 12.3. The smallest absolute Gasteiger partial charge is 0.284 e. The molecule has 0 saturated heterocycles. The quantitative estimate of drug-likeness (QED) is 0.538. The molecule has 0 aliphatic carbocycles. The number of fused-ring (bicyclic) bond motifs is 2. The van der Waals surface area contributed by atoms with Crippen LogP contribution in [0.2, 0.25) is 0 Å². The van der Waals surface area contributed by atoms with Crippen LogP contribution in [0, 0.1) is 0 Å². The van der Waals surface area contributed by atoms with E-state index in [4.69, 9.17) is 14.2 Å². The molecule has 3 aromatic rings. The molecule has 0 unspecified atom stereocenters.